The second-order valence-electron chi connectivity index (χ2n) is 9.90. The summed E-state index contributed by atoms with van der Waals surface area (Å²) in [5, 5.41) is 7.62. The fraction of sp³-hybridized carbons (Fsp3) is 0.542. The van der Waals surface area contributed by atoms with Crippen LogP contribution >= 0.6 is 11.8 Å². The van der Waals surface area contributed by atoms with Gasteiger partial charge in [0.2, 0.25) is 18.6 Å². The number of benzene rings is 1. The lowest BCUT2D eigenvalue weighted by molar-refractivity contribution is -0.122. The van der Waals surface area contributed by atoms with Crippen LogP contribution in [-0.2, 0) is 22.1 Å². The number of hydrogen-bond donors (Lipinski definition) is 1. The summed E-state index contributed by atoms with van der Waals surface area (Å²) in [6.45, 7) is 7.75. The number of fused-ring (bicyclic) bond motifs is 2. The molecule has 1 aromatic heterocycles. The average Bonchev–Trinajstić information content (AvgIpc) is 3.32. The van der Waals surface area contributed by atoms with Gasteiger partial charge in [0.05, 0.1) is 16.7 Å². The molecule has 0 radical (unpaired) electrons. The maximum atomic E-state index is 13.3. The van der Waals surface area contributed by atoms with Crippen molar-refractivity contribution in [1.82, 2.24) is 20.0 Å². The van der Waals surface area contributed by atoms with Gasteiger partial charge < -0.3 is 19.7 Å². The van der Waals surface area contributed by atoms with Crippen molar-refractivity contribution in [2.24, 2.45) is 7.05 Å². The van der Waals surface area contributed by atoms with Crippen LogP contribution in [0.4, 0.5) is 5.82 Å². The molecule has 9 nitrogen and oxygen atoms in total. The predicted molar refractivity (Wildman–Crippen MR) is 133 cm³/mol. The Bertz CT molecular complexity index is 1090. The molecule has 1 atom stereocenters. The number of thioether (sulfide) groups is 1. The van der Waals surface area contributed by atoms with Gasteiger partial charge >= 0.3 is 0 Å². The van der Waals surface area contributed by atoms with Crippen LogP contribution < -0.4 is 19.7 Å². The number of carbonyl (C=O) groups is 2. The summed E-state index contributed by atoms with van der Waals surface area (Å²) in [7, 11) is 5.74. The molecule has 3 heterocycles. The van der Waals surface area contributed by atoms with Crippen LogP contribution in [0, 0.1) is 0 Å². The van der Waals surface area contributed by atoms with Gasteiger partial charge in [0, 0.05) is 31.1 Å². The Morgan fingerprint density at radius 2 is 2.00 bits per heavy atom. The van der Waals surface area contributed by atoms with Crippen molar-refractivity contribution in [3.63, 3.8) is 0 Å². The first-order chi connectivity index (χ1) is 16.1. The van der Waals surface area contributed by atoms with Gasteiger partial charge in [0.25, 0.3) is 0 Å². The van der Waals surface area contributed by atoms with Crippen LogP contribution in [0.1, 0.15) is 42.8 Å². The summed E-state index contributed by atoms with van der Waals surface area (Å²) in [5.41, 5.74) is 2.63. The Kier molecular flexibility index (Phi) is 6.82. The lowest BCUT2D eigenvalue weighted by Crippen LogP contribution is -2.43. The molecule has 184 valence electrons. The highest BCUT2D eigenvalue weighted by atomic mass is 32.2. The Labute approximate surface area is 204 Å². The van der Waals surface area contributed by atoms with Gasteiger partial charge in [-0.25, -0.2) is 0 Å². The zero-order chi connectivity index (χ0) is 24.6. The molecule has 2 aliphatic rings. The first-order valence-corrected chi connectivity index (χ1v) is 12.4. The van der Waals surface area contributed by atoms with Crippen molar-refractivity contribution >= 4 is 29.4 Å². The lowest BCUT2D eigenvalue weighted by Gasteiger charge is -2.24. The lowest BCUT2D eigenvalue weighted by atomic mass is 9.87. The van der Waals surface area contributed by atoms with Crippen molar-refractivity contribution in [1.29, 1.82) is 0 Å². The Morgan fingerprint density at radius 1 is 1.26 bits per heavy atom. The van der Waals surface area contributed by atoms with E-state index in [1.54, 1.807) is 21.3 Å². The predicted octanol–water partition coefficient (Wildman–Crippen LogP) is 2.29. The summed E-state index contributed by atoms with van der Waals surface area (Å²) in [6, 6.07) is 5.91. The average molecular weight is 488 g/mol. The van der Waals surface area contributed by atoms with E-state index in [1.807, 2.05) is 44.2 Å². The van der Waals surface area contributed by atoms with E-state index in [9.17, 15) is 9.59 Å². The maximum Gasteiger partial charge on any atom is 0.240 e. The fourth-order valence-electron chi connectivity index (χ4n) is 4.20. The van der Waals surface area contributed by atoms with E-state index in [2.05, 4.69) is 26.1 Å². The Balaban J connectivity index is 1.75. The number of anilines is 1. The number of aromatic nitrogens is 2. The van der Waals surface area contributed by atoms with E-state index in [0.29, 0.717) is 18.1 Å². The molecule has 4 rings (SSSR count). The summed E-state index contributed by atoms with van der Waals surface area (Å²) < 4.78 is 12.8. The van der Waals surface area contributed by atoms with Crippen LogP contribution in [0.15, 0.2) is 18.2 Å². The molecule has 2 aliphatic heterocycles. The number of hydrogen-bond acceptors (Lipinski definition) is 7. The first kappa shape index (κ1) is 24.4. The van der Waals surface area contributed by atoms with Gasteiger partial charge in [0.15, 0.2) is 11.5 Å². The maximum absolute atomic E-state index is 13.3. The van der Waals surface area contributed by atoms with Crippen LogP contribution in [0.3, 0.4) is 0 Å². The molecule has 1 unspecified atom stereocenters. The number of likely N-dealkylation sites (N-methyl/N-ethyl adjacent to an activating group) is 1. The minimum absolute atomic E-state index is 0.0448. The normalized spacial score (nSPS) is 17.7. The topological polar surface area (TPSA) is 88.9 Å². The first-order valence-electron chi connectivity index (χ1n) is 11.4. The molecule has 2 amide bonds. The van der Waals surface area contributed by atoms with Gasteiger partial charge in [-0.2, -0.15) is 5.10 Å². The van der Waals surface area contributed by atoms with Gasteiger partial charge in [-0.1, -0.05) is 26.8 Å². The second kappa shape index (κ2) is 9.50. The molecule has 0 aliphatic carbocycles. The van der Waals surface area contributed by atoms with Crippen molar-refractivity contribution in [2.45, 2.75) is 31.4 Å². The highest BCUT2D eigenvalue weighted by molar-refractivity contribution is 8.00. The number of aryl methyl sites for hydroxylation is 1. The number of nitrogens with zero attached hydrogens (tertiary/aromatic N) is 4. The number of nitrogens with one attached hydrogen (secondary N) is 1. The van der Waals surface area contributed by atoms with Crippen LogP contribution in [0.5, 0.6) is 11.5 Å². The minimum atomic E-state index is -0.256. The molecule has 1 aromatic carbocycles. The summed E-state index contributed by atoms with van der Waals surface area (Å²) in [4.78, 5) is 29.6. The molecule has 0 spiro atoms. The molecule has 0 fully saturated rings. The number of ether oxygens (including phenoxy) is 2. The van der Waals surface area contributed by atoms with Crippen molar-refractivity contribution in [3.8, 4) is 11.5 Å². The smallest absolute Gasteiger partial charge is 0.240 e. The largest absolute Gasteiger partial charge is 0.454 e. The molecule has 10 heteroatoms. The summed E-state index contributed by atoms with van der Waals surface area (Å²) >= 11 is 1.55. The molecule has 0 saturated carbocycles. The van der Waals surface area contributed by atoms with Crippen molar-refractivity contribution in [3.05, 3.63) is 35.0 Å². The van der Waals surface area contributed by atoms with E-state index >= 15 is 0 Å². The fourth-order valence-corrected chi connectivity index (χ4v) is 5.39. The highest BCUT2D eigenvalue weighted by Crippen LogP contribution is 2.49. The summed E-state index contributed by atoms with van der Waals surface area (Å²) in [5.74, 6) is 2.05. The number of carbonyl (C=O) groups excluding carboxylic acids is 2. The molecule has 2 aromatic rings. The van der Waals surface area contributed by atoms with Crippen LogP contribution in [-0.4, -0.2) is 72.8 Å². The molecule has 1 N–H and O–H groups in total. The molecular weight excluding hydrogens is 454 g/mol. The molecule has 0 bridgehead atoms. The van der Waals surface area contributed by atoms with Crippen molar-refractivity contribution in [2.75, 3.05) is 51.2 Å². The zero-order valence-electron chi connectivity index (χ0n) is 20.7. The molecular formula is C24H33N5O4S. The van der Waals surface area contributed by atoms with E-state index in [1.165, 1.54) is 0 Å². The zero-order valence-corrected chi connectivity index (χ0v) is 21.5. The second-order valence-corrected chi connectivity index (χ2v) is 11.0. The van der Waals surface area contributed by atoms with Crippen LogP contribution in [0.2, 0.25) is 0 Å². The third-order valence-corrected chi connectivity index (χ3v) is 7.09. The van der Waals surface area contributed by atoms with Gasteiger partial charge in [-0.05, 0) is 31.8 Å². The monoisotopic (exact) mass is 487 g/mol. The molecule has 0 saturated heterocycles. The van der Waals surface area contributed by atoms with Crippen molar-refractivity contribution < 1.29 is 19.1 Å². The number of amides is 2. The van der Waals surface area contributed by atoms with Gasteiger partial charge in [0.1, 0.15) is 12.4 Å². The standard InChI is InChI=1S/C24H33N5O4S/c1-24(2,3)22-20-21(15-7-8-16-17(11-15)33-14-32-16)34-13-19(31)29(23(20)28(6)26-22)12-18(30)25-9-10-27(4)5/h7-8,11,21H,9-10,12-14H2,1-6H3,(H,25,30). The van der Waals surface area contributed by atoms with E-state index in [4.69, 9.17) is 14.6 Å². The van der Waals surface area contributed by atoms with Crippen LogP contribution in [0.25, 0.3) is 0 Å². The molecule has 34 heavy (non-hydrogen) atoms. The summed E-state index contributed by atoms with van der Waals surface area (Å²) in [6.07, 6.45) is 0. The van der Waals surface area contributed by atoms with E-state index in [-0.39, 0.29) is 41.6 Å². The minimum Gasteiger partial charge on any atom is -0.454 e. The SMILES string of the molecule is CN(C)CCNC(=O)CN1C(=O)CSC(c2ccc3c(c2)OCO3)c2c(C(C)(C)C)nn(C)c21. The highest BCUT2D eigenvalue weighted by Gasteiger charge is 2.39. The van der Waals surface area contributed by atoms with E-state index in [0.717, 1.165) is 29.1 Å². The van der Waals surface area contributed by atoms with E-state index < -0.39 is 0 Å². The van der Waals surface area contributed by atoms with Gasteiger partial charge in [-0.3, -0.25) is 19.2 Å². The Hall–Kier alpha value is -2.72. The quantitative estimate of drug-likeness (QED) is 0.669. The van der Waals surface area contributed by atoms with Gasteiger partial charge in [-0.15, -0.1) is 11.8 Å². The Morgan fingerprint density at radius 3 is 2.71 bits per heavy atom. The third kappa shape index (κ3) is 4.88. The third-order valence-electron chi connectivity index (χ3n) is 5.84. The number of rotatable bonds is 6.